The number of hydrogen-bond acceptors (Lipinski definition) is 3. The highest BCUT2D eigenvalue weighted by Gasteiger charge is 2.22. The molecule has 1 unspecified atom stereocenters. The lowest BCUT2D eigenvalue weighted by atomic mass is 9.96. The van der Waals surface area contributed by atoms with Crippen molar-refractivity contribution in [2.45, 2.75) is 39.2 Å². The van der Waals surface area contributed by atoms with Crippen LogP contribution in [0.25, 0.3) is 0 Å². The molecule has 116 valence electrons. The maximum Gasteiger partial charge on any atom is 0.323 e. The first-order chi connectivity index (χ1) is 9.85. The molecule has 0 aliphatic carbocycles. The highest BCUT2D eigenvalue weighted by molar-refractivity contribution is 5.82. The van der Waals surface area contributed by atoms with Crippen LogP contribution in [0.3, 0.4) is 0 Å². The summed E-state index contributed by atoms with van der Waals surface area (Å²) in [7, 11) is 1.60. The number of carboxylic acids is 1. The van der Waals surface area contributed by atoms with Crippen LogP contribution >= 0.6 is 0 Å². The molecule has 0 heterocycles. The van der Waals surface area contributed by atoms with Crippen LogP contribution in [0.4, 0.5) is 0 Å². The van der Waals surface area contributed by atoms with Crippen LogP contribution in [0.15, 0.2) is 24.3 Å². The highest BCUT2D eigenvalue weighted by Crippen LogP contribution is 2.24. The average molecular weight is 293 g/mol. The smallest absolute Gasteiger partial charge is 0.323 e. The summed E-state index contributed by atoms with van der Waals surface area (Å²) in [5.74, 6) is -0.394. The summed E-state index contributed by atoms with van der Waals surface area (Å²) in [6.45, 7) is 5.32. The Morgan fingerprint density at radius 2 is 1.95 bits per heavy atom. The van der Waals surface area contributed by atoms with Gasteiger partial charge in [0.25, 0.3) is 0 Å². The Labute approximate surface area is 125 Å². The zero-order chi connectivity index (χ0) is 16.0. The summed E-state index contributed by atoms with van der Waals surface area (Å²) in [5, 5.41) is 8.89. The summed E-state index contributed by atoms with van der Waals surface area (Å²) in [6.07, 6.45) is 0.276. The molecule has 1 aromatic rings. The molecule has 1 rings (SSSR count). The number of methoxy groups -OCH3 is 1. The van der Waals surface area contributed by atoms with Crippen LogP contribution in [0.1, 0.15) is 38.7 Å². The first kappa shape index (κ1) is 17.0. The number of rotatable bonds is 7. The Balaban J connectivity index is 2.77. The van der Waals surface area contributed by atoms with E-state index in [4.69, 9.17) is 9.84 Å². The van der Waals surface area contributed by atoms with Crippen molar-refractivity contribution in [3.8, 4) is 5.75 Å². The van der Waals surface area contributed by atoms with Gasteiger partial charge in [0, 0.05) is 12.5 Å². The molecule has 1 aromatic carbocycles. The molecule has 5 nitrogen and oxygen atoms in total. The third-order valence-electron chi connectivity index (χ3n) is 3.39. The molecule has 0 radical (unpaired) electrons. The first-order valence-electron chi connectivity index (χ1n) is 7.00. The summed E-state index contributed by atoms with van der Waals surface area (Å²) in [5.41, 5.74) is 1.00. The Bertz CT molecular complexity index is 499. The van der Waals surface area contributed by atoms with E-state index in [1.54, 1.807) is 7.11 Å². The lowest BCUT2D eigenvalue weighted by molar-refractivity contribution is -0.145. The third-order valence-corrected chi connectivity index (χ3v) is 3.39. The number of carbonyl (C=O) groups is 2. The van der Waals surface area contributed by atoms with Crippen LogP contribution < -0.4 is 4.74 Å². The number of amides is 1. The fourth-order valence-electron chi connectivity index (χ4n) is 2.15. The van der Waals surface area contributed by atoms with Gasteiger partial charge in [-0.25, -0.2) is 0 Å². The molecule has 21 heavy (non-hydrogen) atoms. The molecule has 0 bridgehead atoms. The summed E-state index contributed by atoms with van der Waals surface area (Å²) in [6, 6.07) is 7.44. The number of ether oxygens (including phenoxy) is 1. The van der Waals surface area contributed by atoms with Crippen molar-refractivity contribution < 1.29 is 19.4 Å². The minimum absolute atomic E-state index is 0.00245. The molecule has 1 N–H and O–H groups in total. The van der Waals surface area contributed by atoms with Crippen LogP contribution in [-0.4, -0.2) is 41.6 Å². The summed E-state index contributed by atoms with van der Waals surface area (Å²) in [4.78, 5) is 24.5. The topological polar surface area (TPSA) is 66.8 Å². The van der Waals surface area contributed by atoms with Gasteiger partial charge in [0.1, 0.15) is 12.3 Å². The van der Waals surface area contributed by atoms with E-state index < -0.39 is 5.97 Å². The Morgan fingerprint density at radius 1 is 1.29 bits per heavy atom. The lowest BCUT2D eigenvalue weighted by Crippen LogP contribution is -2.41. The maximum absolute atomic E-state index is 12.3. The van der Waals surface area contributed by atoms with Crippen LogP contribution in [0, 0.1) is 0 Å². The van der Waals surface area contributed by atoms with Crippen molar-refractivity contribution in [3.05, 3.63) is 29.8 Å². The van der Waals surface area contributed by atoms with Crippen LogP contribution in [0.5, 0.6) is 5.75 Å². The summed E-state index contributed by atoms with van der Waals surface area (Å²) < 4.78 is 5.18. The predicted octanol–water partition coefficient (Wildman–Crippen LogP) is 2.51. The van der Waals surface area contributed by atoms with Gasteiger partial charge in [-0.2, -0.15) is 0 Å². The van der Waals surface area contributed by atoms with E-state index in [9.17, 15) is 9.59 Å². The number of carboxylic acid groups (broad SMARTS) is 1. The van der Waals surface area contributed by atoms with Gasteiger partial charge in [0.05, 0.1) is 7.11 Å². The Hall–Kier alpha value is -2.04. The summed E-state index contributed by atoms with van der Waals surface area (Å²) >= 11 is 0. The second-order valence-electron chi connectivity index (χ2n) is 5.39. The van der Waals surface area contributed by atoms with E-state index in [1.807, 2.05) is 45.0 Å². The van der Waals surface area contributed by atoms with E-state index in [0.29, 0.717) is 0 Å². The number of benzene rings is 1. The average Bonchev–Trinajstić information content (AvgIpc) is 2.44. The van der Waals surface area contributed by atoms with Crippen molar-refractivity contribution in [2.75, 3.05) is 13.7 Å². The molecule has 0 spiro atoms. The van der Waals surface area contributed by atoms with Gasteiger partial charge < -0.3 is 14.7 Å². The highest BCUT2D eigenvalue weighted by atomic mass is 16.5. The quantitative estimate of drug-likeness (QED) is 0.839. The molecule has 0 aromatic heterocycles. The molecule has 0 aliphatic rings. The largest absolute Gasteiger partial charge is 0.497 e. The van der Waals surface area contributed by atoms with Crippen molar-refractivity contribution >= 4 is 11.9 Å². The zero-order valence-corrected chi connectivity index (χ0v) is 13.0. The second kappa shape index (κ2) is 7.67. The molecule has 0 saturated carbocycles. The minimum atomic E-state index is -0.994. The third kappa shape index (κ3) is 5.10. The van der Waals surface area contributed by atoms with E-state index in [1.165, 1.54) is 4.90 Å². The zero-order valence-electron chi connectivity index (χ0n) is 13.0. The van der Waals surface area contributed by atoms with Crippen molar-refractivity contribution in [3.63, 3.8) is 0 Å². The maximum atomic E-state index is 12.3. The fraction of sp³-hybridized carbons (Fsp3) is 0.500. The van der Waals surface area contributed by atoms with Gasteiger partial charge in [-0.15, -0.1) is 0 Å². The number of carbonyl (C=O) groups excluding carboxylic acids is 1. The number of nitrogens with zero attached hydrogens (tertiary/aromatic N) is 1. The number of aliphatic carboxylic acids is 1. The first-order valence-corrected chi connectivity index (χ1v) is 7.00. The lowest BCUT2D eigenvalue weighted by Gasteiger charge is -2.26. The molecule has 5 heteroatoms. The number of hydrogen-bond donors (Lipinski definition) is 1. The SMILES string of the molecule is COc1cccc(C(C)CC(=O)N(CC(=O)O)C(C)C)c1. The molecule has 1 amide bonds. The van der Waals surface area contributed by atoms with Crippen LogP contribution in [-0.2, 0) is 9.59 Å². The Morgan fingerprint density at radius 3 is 2.48 bits per heavy atom. The van der Waals surface area contributed by atoms with Crippen molar-refractivity contribution in [1.29, 1.82) is 0 Å². The molecular formula is C16H23NO4. The van der Waals surface area contributed by atoms with Gasteiger partial charge in [-0.1, -0.05) is 19.1 Å². The normalized spacial score (nSPS) is 12.0. The molecule has 0 fully saturated rings. The van der Waals surface area contributed by atoms with Crippen molar-refractivity contribution in [2.24, 2.45) is 0 Å². The van der Waals surface area contributed by atoms with Gasteiger partial charge in [0.15, 0.2) is 0 Å². The Kier molecular flexibility index (Phi) is 6.21. The molecule has 0 saturated heterocycles. The fourth-order valence-corrected chi connectivity index (χ4v) is 2.15. The van der Waals surface area contributed by atoms with Crippen LogP contribution in [0.2, 0.25) is 0 Å². The second-order valence-corrected chi connectivity index (χ2v) is 5.39. The van der Waals surface area contributed by atoms with E-state index in [-0.39, 0.29) is 30.8 Å². The van der Waals surface area contributed by atoms with Gasteiger partial charge >= 0.3 is 5.97 Å². The van der Waals surface area contributed by atoms with E-state index in [2.05, 4.69) is 0 Å². The predicted molar refractivity (Wildman–Crippen MR) is 80.5 cm³/mol. The van der Waals surface area contributed by atoms with Gasteiger partial charge in [0.2, 0.25) is 5.91 Å². The monoisotopic (exact) mass is 293 g/mol. The van der Waals surface area contributed by atoms with Gasteiger partial charge in [-0.3, -0.25) is 9.59 Å². The van der Waals surface area contributed by atoms with E-state index in [0.717, 1.165) is 11.3 Å². The minimum Gasteiger partial charge on any atom is -0.497 e. The van der Waals surface area contributed by atoms with Crippen molar-refractivity contribution in [1.82, 2.24) is 4.90 Å². The molecular weight excluding hydrogens is 270 g/mol. The van der Waals surface area contributed by atoms with Gasteiger partial charge in [-0.05, 0) is 37.5 Å². The van der Waals surface area contributed by atoms with E-state index >= 15 is 0 Å². The standard InChI is InChI=1S/C16H23NO4/c1-11(2)17(10-16(19)20)15(18)8-12(3)13-6-5-7-14(9-13)21-4/h5-7,9,11-12H,8,10H2,1-4H3,(H,19,20). The molecule has 0 aliphatic heterocycles. The molecule has 1 atom stereocenters.